The Morgan fingerprint density at radius 3 is 2.52 bits per heavy atom. The number of nitrogens with one attached hydrogen (secondary N) is 1. The average Bonchev–Trinajstić information content (AvgIpc) is 2.95. The number of anilines is 1. The fourth-order valence-electron chi connectivity index (χ4n) is 2.61. The van der Waals surface area contributed by atoms with Crippen LogP contribution in [0.3, 0.4) is 0 Å². The summed E-state index contributed by atoms with van der Waals surface area (Å²) in [5.41, 5.74) is 9.64. The highest BCUT2D eigenvalue weighted by molar-refractivity contribution is 7.10. The third kappa shape index (κ3) is 3.09. The van der Waals surface area contributed by atoms with Crippen LogP contribution in [-0.2, 0) is 19.5 Å². The molecule has 0 atom stereocenters. The molecule has 0 fully saturated rings. The van der Waals surface area contributed by atoms with Crippen molar-refractivity contribution in [1.29, 1.82) is 0 Å². The summed E-state index contributed by atoms with van der Waals surface area (Å²) >= 11 is 1.82. The number of hydrogen-bond donors (Lipinski definition) is 2. The standard InChI is InChI=1S/C18H20N2S/c1-2-13-7-8-21-18(13)12-20-11-16-9-14-5-3-4-6-15(14)10-17(16)19/h3-10,20H,2,11-12,19H2,1H3. The summed E-state index contributed by atoms with van der Waals surface area (Å²) in [5, 5.41) is 8.13. The number of nitrogen functional groups attached to an aromatic ring is 1. The van der Waals surface area contributed by atoms with Crippen molar-refractivity contribution in [2.75, 3.05) is 5.73 Å². The van der Waals surface area contributed by atoms with Crippen molar-refractivity contribution in [3.8, 4) is 0 Å². The largest absolute Gasteiger partial charge is 0.398 e. The zero-order valence-electron chi connectivity index (χ0n) is 12.2. The molecule has 3 aromatic rings. The highest BCUT2D eigenvalue weighted by atomic mass is 32.1. The molecule has 0 bridgehead atoms. The van der Waals surface area contributed by atoms with E-state index in [2.05, 4.69) is 54.0 Å². The van der Waals surface area contributed by atoms with Gasteiger partial charge in [0, 0.05) is 23.7 Å². The maximum atomic E-state index is 6.16. The molecule has 0 aliphatic heterocycles. The van der Waals surface area contributed by atoms with Crippen LogP contribution in [0.2, 0.25) is 0 Å². The van der Waals surface area contributed by atoms with Crippen molar-refractivity contribution in [2.45, 2.75) is 26.4 Å². The van der Waals surface area contributed by atoms with Crippen molar-refractivity contribution >= 4 is 27.8 Å². The predicted molar refractivity (Wildman–Crippen MR) is 92.6 cm³/mol. The number of nitrogens with two attached hydrogens (primary N) is 1. The predicted octanol–water partition coefficient (Wildman–Crippen LogP) is 4.34. The van der Waals surface area contributed by atoms with Gasteiger partial charge in [-0.25, -0.2) is 0 Å². The Kier molecular flexibility index (Phi) is 4.23. The van der Waals surface area contributed by atoms with E-state index in [0.717, 1.165) is 25.2 Å². The number of fused-ring (bicyclic) bond motifs is 1. The summed E-state index contributed by atoms with van der Waals surface area (Å²) in [4.78, 5) is 1.43. The van der Waals surface area contributed by atoms with Crippen molar-refractivity contribution in [3.63, 3.8) is 0 Å². The van der Waals surface area contributed by atoms with Gasteiger partial charge in [0.05, 0.1) is 0 Å². The zero-order chi connectivity index (χ0) is 14.7. The number of aryl methyl sites for hydroxylation is 1. The van der Waals surface area contributed by atoms with Gasteiger partial charge in [-0.15, -0.1) is 11.3 Å². The Bertz CT molecular complexity index is 746. The Labute approximate surface area is 129 Å². The average molecular weight is 296 g/mol. The van der Waals surface area contributed by atoms with Crippen molar-refractivity contribution in [2.24, 2.45) is 0 Å². The summed E-state index contributed by atoms with van der Waals surface area (Å²) in [6.45, 7) is 3.91. The fourth-order valence-corrected chi connectivity index (χ4v) is 3.55. The molecule has 0 saturated carbocycles. The maximum absolute atomic E-state index is 6.16. The van der Waals surface area contributed by atoms with E-state index < -0.39 is 0 Å². The van der Waals surface area contributed by atoms with Crippen LogP contribution in [0.5, 0.6) is 0 Å². The number of hydrogen-bond acceptors (Lipinski definition) is 3. The first-order valence-corrected chi connectivity index (χ1v) is 8.19. The Hall–Kier alpha value is -1.84. The highest BCUT2D eigenvalue weighted by Gasteiger charge is 2.04. The summed E-state index contributed by atoms with van der Waals surface area (Å²) < 4.78 is 0. The minimum absolute atomic E-state index is 0.803. The lowest BCUT2D eigenvalue weighted by atomic mass is 10.1. The number of rotatable bonds is 5. The van der Waals surface area contributed by atoms with Gasteiger partial charge in [-0.2, -0.15) is 0 Å². The molecule has 0 spiro atoms. The lowest BCUT2D eigenvalue weighted by molar-refractivity contribution is 0.698. The van der Waals surface area contributed by atoms with E-state index in [1.54, 1.807) is 0 Å². The summed E-state index contributed by atoms with van der Waals surface area (Å²) in [6.07, 6.45) is 1.10. The highest BCUT2D eigenvalue weighted by Crippen LogP contribution is 2.22. The molecule has 3 heteroatoms. The zero-order valence-corrected chi connectivity index (χ0v) is 13.0. The SMILES string of the molecule is CCc1ccsc1CNCc1cc2ccccc2cc1N. The van der Waals surface area contributed by atoms with Crippen LogP contribution in [0.25, 0.3) is 10.8 Å². The number of benzene rings is 2. The molecular weight excluding hydrogens is 276 g/mol. The Balaban J connectivity index is 1.72. The quantitative estimate of drug-likeness (QED) is 0.687. The third-order valence-corrected chi connectivity index (χ3v) is 4.79. The van der Waals surface area contributed by atoms with Gasteiger partial charge in [-0.1, -0.05) is 31.2 Å². The minimum Gasteiger partial charge on any atom is -0.398 e. The normalized spacial score (nSPS) is 11.1. The van der Waals surface area contributed by atoms with E-state index in [1.807, 2.05) is 17.4 Å². The van der Waals surface area contributed by atoms with E-state index in [1.165, 1.54) is 26.8 Å². The lowest BCUT2D eigenvalue weighted by Gasteiger charge is -2.10. The molecule has 2 nitrogen and oxygen atoms in total. The van der Waals surface area contributed by atoms with Crippen LogP contribution in [0.15, 0.2) is 47.8 Å². The molecule has 0 saturated heterocycles. The molecule has 0 unspecified atom stereocenters. The minimum atomic E-state index is 0.803. The first-order valence-electron chi connectivity index (χ1n) is 7.31. The van der Waals surface area contributed by atoms with Gasteiger partial charge in [0.25, 0.3) is 0 Å². The van der Waals surface area contributed by atoms with E-state index in [4.69, 9.17) is 5.73 Å². The van der Waals surface area contributed by atoms with Crippen LogP contribution in [0, 0.1) is 0 Å². The van der Waals surface area contributed by atoms with Crippen molar-refractivity contribution in [3.05, 3.63) is 63.8 Å². The van der Waals surface area contributed by atoms with Gasteiger partial charge in [0.15, 0.2) is 0 Å². The molecule has 0 amide bonds. The molecule has 1 aromatic heterocycles. The fraction of sp³-hybridized carbons (Fsp3) is 0.222. The molecule has 0 aliphatic carbocycles. The second-order valence-corrected chi connectivity index (χ2v) is 6.22. The van der Waals surface area contributed by atoms with Crippen molar-refractivity contribution < 1.29 is 0 Å². The molecule has 3 N–H and O–H groups in total. The topological polar surface area (TPSA) is 38.0 Å². The second kappa shape index (κ2) is 6.29. The first kappa shape index (κ1) is 14.1. The van der Waals surface area contributed by atoms with Gasteiger partial charge in [0.1, 0.15) is 0 Å². The molecule has 1 heterocycles. The molecule has 21 heavy (non-hydrogen) atoms. The van der Waals surface area contributed by atoms with E-state index in [0.29, 0.717) is 0 Å². The Morgan fingerprint density at radius 2 is 1.76 bits per heavy atom. The number of thiophene rings is 1. The van der Waals surface area contributed by atoms with Gasteiger partial charge in [-0.05, 0) is 51.9 Å². The molecule has 108 valence electrons. The molecule has 0 aliphatic rings. The van der Waals surface area contributed by atoms with E-state index >= 15 is 0 Å². The third-order valence-electron chi connectivity index (χ3n) is 3.83. The first-order chi connectivity index (χ1) is 10.3. The molecule has 0 radical (unpaired) electrons. The van der Waals surface area contributed by atoms with Gasteiger partial charge >= 0.3 is 0 Å². The van der Waals surface area contributed by atoms with Crippen LogP contribution in [0.1, 0.15) is 22.9 Å². The Morgan fingerprint density at radius 1 is 1.00 bits per heavy atom. The second-order valence-electron chi connectivity index (χ2n) is 5.22. The van der Waals surface area contributed by atoms with Crippen molar-refractivity contribution in [1.82, 2.24) is 5.32 Å². The van der Waals surface area contributed by atoms with E-state index in [-0.39, 0.29) is 0 Å². The van der Waals surface area contributed by atoms with Crippen LogP contribution in [0.4, 0.5) is 5.69 Å². The van der Waals surface area contributed by atoms with Crippen LogP contribution in [-0.4, -0.2) is 0 Å². The smallest absolute Gasteiger partial charge is 0.0366 e. The monoisotopic (exact) mass is 296 g/mol. The summed E-state index contributed by atoms with van der Waals surface area (Å²) in [5.74, 6) is 0. The van der Waals surface area contributed by atoms with Gasteiger partial charge in [0.2, 0.25) is 0 Å². The van der Waals surface area contributed by atoms with Crippen LogP contribution >= 0.6 is 11.3 Å². The molecule has 3 rings (SSSR count). The van der Waals surface area contributed by atoms with Gasteiger partial charge in [-0.3, -0.25) is 0 Å². The van der Waals surface area contributed by atoms with E-state index in [9.17, 15) is 0 Å². The molecule has 2 aromatic carbocycles. The summed E-state index contributed by atoms with van der Waals surface area (Å²) in [7, 11) is 0. The maximum Gasteiger partial charge on any atom is 0.0366 e. The molecular formula is C18H20N2S. The summed E-state index contributed by atoms with van der Waals surface area (Å²) in [6, 6.07) is 14.8. The van der Waals surface area contributed by atoms with Crippen LogP contribution < -0.4 is 11.1 Å². The lowest BCUT2D eigenvalue weighted by Crippen LogP contribution is -2.14. The van der Waals surface area contributed by atoms with Gasteiger partial charge < -0.3 is 11.1 Å².